The van der Waals surface area contributed by atoms with Crippen LogP contribution in [0, 0.1) is 25.2 Å². The first-order valence-electron chi connectivity index (χ1n) is 22.6. The minimum atomic E-state index is -4.84. The van der Waals surface area contributed by atoms with Crippen LogP contribution in [0.4, 0.5) is 0 Å². The smallest absolute Gasteiger partial charge is 0.475 e. The number of phosphoric acid groups is 1. The van der Waals surface area contributed by atoms with E-state index in [1.54, 1.807) is 38.5 Å². The Morgan fingerprint density at radius 3 is 1.75 bits per heavy atom. The number of methoxy groups -OCH3 is 2. The van der Waals surface area contributed by atoms with Crippen molar-refractivity contribution in [1.82, 2.24) is 19.1 Å². The van der Waals surface area contributed by atoms with Crippen molar-refractivity contribution in [1.29, 1.82) is 5.26 Å². The first-order chi connectivity index (χ1) is 34.1. The number of nitrogens with one attached hydrogen (secondary N) is 2. The van der Waals surface area contributed by atoms with Gasteiger partial charge in [-0.3, -0.25) is 47.1 Å². The molecule has 71 heavy (non-hydrogen) atoms. The predicted molar refractivity (Wildman–Crippen MR) is 252 cm³/mol. The van der Waals surface area contributed by atoms with E-state index in [1.165, 1.54) is 37.7 Å². The molecule has 7 atom stereocenters. The van der Waals surface area contributed by atoms with Gasteiger partial charge in [0.1, 0.15) is 59.8 Å². The molecule has 0 aliphatic carbocycles. The molecule has 2 aliphatic rings. The molecule has 0 bridgehead atoms. The van der Waals surface area contributed by atoms with Crippen LogP contribution < -0.4 is 32.0 Å². The van der Waals surface area contributed by atoms with E-state index in [0.29, 0.717) is 28.2 Å². The number of rotatable bonds is 22. The van der Waals surface area contributed by atoms with Crippen LogP contribution in [0.3, 0.4) is 0 Å². The fourth-order valence-corrected chi connectivity index (χ4v) is 9.69. The summed E-state index contributed by atoms with van der Waals surface area (Å²) < 4.78 is 71.9. The number of hydrogen-bond donors (Lipinski definition) is 2. The van der Waals surface area contributed by atoms with Gasteiger partial charge in [-0.05, 0) is 61.7 Å². The molecule has 2 aromatic heterocycles. The zero-order valence-corrected chi connectivity index (χ0v) is 40.5. The van der Waals surface area contributed by atoms with Crippen LogP contribution in [0.1, 0.15) is 79.3 Å². The number of nitrogens with zero attached hydrogens (tertiary/aromatic N) is 3. The van der Waals surface area contributed by atoms with Crippen molar-refractivity contribution in [2.24, 2.45) is 0 Å². The Hall–Kier alpha value is -6.76. The fraction of sp³-hybridized carbons (Fsp3) is 0.408. The van der Waals surface area contributed by atoms with Crippen molar-refractivity contribution in [3.8, 4) is 17.6 Å². The molecule has 21 nitrogen and oxygen atoms in total. The number of Topliss-reactive ketones (excluding diaryl/α,β-unsaturated/α-hetero) is 1. The van der Waals surface area contributed by atoms with Crippen LogP contribution >= 0.6 is 7.82 Å². The molecular formula is C49H54N5O16P. The van der Waals surface area contributed by atoms with Crippen molar-refractivity contribution in [3.05, 3.63) is 161 Å². The second-order valence-electron chi connectivity index (χ2n) is 16.9. The van der Waals surface area contributed by atoms with Gasteiger partial charge < -0.3 is 33.2 Å². The summed E-state index contributed by atoms with van der Waals surface area (Å²) in [6.07, 6.45) is -5.30. The number of carbonyl (C=O) groups excluding carboxylic acids is 2. The number of aryl methyl sites for hydroxylation is 2. The monoisotopic (exact) mass is 999 g/mol. The summed E-state index contributed by atoms with van der Waals surface area (Å²) in [5, 5.41) is 9.45. The summed E-state index contributed by atoms with van der Waals surface area (Å²) in [7, 11) is -1.73. The Labute approximate surface area is 406 Å². The average molecular weight is 1000 g/mol. The number of esters is 1. The quantitative estimate of drug-likeness (QED) is 0.0399. The van der Waals surface area contributed by atoms with Gasteiger partial charge in [-0.25, -0.2) is 14.2 Å². The van der Waals surface area contributed by atoms with Crippen molar-refractivity contribution in [3.63, 3.8) is 0 Å². The van der Waals surface area contributed by atoms with Crippen molar-refractivity contribution < 1.29 is 56.1 Å². The van der Waals surface area contributed by atoms with Gasteiger partial charge in [0.25, 0.3) is 11.1 Å². The van der Waals surface area contributed by atoms with E-state index in [-0.39, 0.29) is 55.6 Å². The van der Waals surface area contributed by atoms with Crippen LogP contribution in [0.2, 0.25) is 0 Å². The van der Waals surface area contributed by atoms with Gasteiger partial charge in [0.2, 0.25) is 0 Å². The fourth-order valence-electron chi connectivity index (χ4n) is 8.30. The van der Waals surface area contributed by atoms with E-state index in [2.05, 4.69) is 9.97 Å². The molecule has 0 amide bonds. The predicted octanol–water partition coefficient (Wildman–Crippen LogP) is 5.03. The van der Waals surface area contributed by atoms with Gasteiger partial charge in [0.05, 0.1) is 53.0 Å². The number of aromatic amines is 2. The number of aromatic nitrogens is 4. The van der Waals surface area contributed by atoms with E-state index in [4.69, 9.17) is 42.0 Å². The number of ketones is 1. The number of carbonyl (C=O) groups is 2. The lowest BCUT2D eigenvalue weighted by Gasteiger charge is -2.37. The Morgan fingerprint density at radius 2 is 1.24 bits per heavy atom. The first kappa shape index (κ1) is 52.1. The van der Waals surface area contributed by atoms with Crippen LogP contribution in [0.25, 0.3) is 0 Å². The molecule has 2 aliphatic heterocycles. The Morgan fingerprint density at radius 1 is 0.732 bits per heavy atom. The van der Waals surface area contributed by atoms with E-state index in [9.17, 15) is 34.0 Å². The molecule has 2 N–H and O–H groups in total. The zero-order valence-electron chi connectivity index (χ0n) is 39.6. The zero-order chi connectivity index (χ0) is 50.9. The number of hydrogen-bond acceptors (Lipinski definition) is 17. The summed E-state index contributed by atoms with van der Waals surface area (Å²) in [5.74, 6) is 0.173. The Bertz CT molecular complexity index is 2950. The standard InChI is InChI=1S/C49H54N5O16P/c1-30-26-53(47(59)51-45(30)57)42-24-38(69-44(56)21-12-32(3)55)41(68-42)29-66-71(61,65-23-9-22-50)70-39-25-43(54-27-31(2)46(58)52-48(54)60)67-40(39)28-64-49(33-10-7-6-8-11-33,34-13-17-36(62-4)18-14-34)35-15-19-37(63-5)20-16-35/h6-8,10-11,13-20,26-27,38-43H,9,12,21,23-25,28-29H2,1-5H3,(H,51,57,59)(H,52,58,60)/t38-,39-,40+,41+,42+,43+,71?/m0/s1. The van der Waals surface area contributed by atoms with Gasteiger partial charge >= 0.3 is 25.2 Å². The van der Waals surface area contributed by atoms with E-state index in [1.807, 2.05) is 60.7 Å². The third-order valence-electron chi connectivity index (χ3n) is 12.0. The number of ether oxygens (including phenoxy) is 6. The van der Waals surface area contributed by atoms with Gasteiger partial charge in [0.15, 0.2) is 0 Å². The number of H-pyrrole nitrogens is 2. The molecule has 1 unspecified atom stereocenters. The van der Waals surface area contributed by atoms with E-state index in [0.717, 1.165) is 4.57 Å². The largest absolute Gasteiger partial charge is 0.497 e. The molecule has 2 saturated heterocycles. The number of nitriles is 1. The summed E-state index contributed by atoms with van der Waals surface area (Å²) in [6, 6.07) is 25.9. The van der Waals surface area contributed by atoms with Crippen LogP contribution in [-0.2, 0) is 52.3 Å². The summed E-state index contributed by atoms with van der Waals surface area (Å²) in [4.78, 5) is 80.1. The highest BCUT2D eigenvalue weighted by molar-refractivity contribution is 7.48. The van der Waals surface area contributed by atoms with Crippen molar-refractivity contribution in [2.75, 3.05) is 34.0 Å². The van der Waals surface area contributed by atoms with Crippen molar-refractivity contribution in [2.45, 2.75) is 95.3 Å². The Kier molecular flexibility index (Phi) is 16.9. The first-order valence-corrected chi connectivity index (χ1v) is 24.1. The molecule has 2 fully saturated rings. The topological polar surface area (TPSA) is 268 Å². The summed E-state index contributed by atoms with van der Waals surface area (Å²) >= 11 is 0. The molecule has 0 saturated carbocycles. The second-order valence-corrected chi connectivity index (χ2v) is 18.5. The van der Waals surface area contributed by atoms with Gasteiger partial charge in [0, 0.05) is 42.8 Å². The maximum absolute atomic E-state index is 15.0. The normalized spacial score (nSPS) is 20.7. The Balaban J connectivity index is 1.25. The molecule has 0 spiro atoms. The number of benzene rings is 3. The molecule has 22 heteroatoms. The third-order valence-corrected chi connectivity index (χ3v) is 13.5. The SMILES string of the molecule is COc1ccc(C(OC[C@H]2O[C@@H](n3cc(C)c(=O)[nH]c3=O)C[C@@H]2OP(=O)(OCCC#N)OC[C@H]2O[C@@H](n3cc(C)c(=O)[nH]c3=O)C[C@@H]2OC(=O)CCC(C)=O)(c2ccccc2)c2ccc(OC)cc2)cc1. The van der Waals surface area contributed by atoms with E-state index >= 15 is 4.57 Å². The highest BCUT2D eigenvalue weighted by Crippen LogP contribution is 2.54. The number of phosphoric ester groups is 1. The molecular weight excluding hydrogens is 946 g/mol. The maximum Gasteiger partial charge on any atom is 0.475 e. The molecule has 3 aromatic carbocycles. The molecule has 7 rings (SSSR count). The van der Waals surface area contributed by atoms with E-state index < -0.39 is 92.0 Å². The third kappa shape index (κ3) is 12.2. The average Bonchev–Trinajstić information content (AvgIpc) is 3.96. The van der Waals surface area contributed by atoms with Gasteiger partial charge in [-0.15, -0.1) is 0 Å². The van der Waals surface area contributed by atoms with Crippen LogP contribution in [0.15, 0.2) is 110 Å². The minimum Gasteiger partial charge on any atom is -0.497 e. The molecule has 5 aromatic rings. The maximum atomic E-state index is 15.0. The molecule has 0 radical (unpaired) electrons. The highest BCUT2D eigenvalue weighted by Gasteiger charge is 2.48. The lowest BCUT2D eigenvalue weighted by molar-refractivity contribution is -0.153. The minimum absolute atomic E-state index is 0.0991. The molecule has 4 heterocycles. The lowest BCUT2D eigenvalue weighted by Crippen LogP contribution is -2.38. The summed E-state index contributed by atoms with van der Waals surface area (Å²) in [5.41, 5.74) is -1.75. The van der Waals surface area contributed by atoms with Gasteiger partial charge in [-0.2, -0.15) is 5.26 Å². The lowest BCUT2D eigenvalue weighted by atomic mass is 9.80. The molecule has 376 valence electrons. The van der Waals surface area contributed by atoms with Crippen LogP contribution in [-0.4, -0.2) is 89.3 Å². The van der Waals surface area contributed by atoms with Gasteiger partial charge in [-0.1, -0.05) is 54.6 Å². The highest BCUT2D eigenvalue weighted by atomic mass is 31.2. The van der Waals surface area contributed by atoms with Crippen molar-refractivity contribution >= 4 is 19.6 Å². The summed E-state index contributed by atoms with van der Waals surface area (Å²) in [6.45, 7) is 2.95. The van der Waals surface area contributed by atoms with Crippen LogP contribution in [0.5, 0.6) is 11.5 Å². The second kappa shape index (κ2) is 23.0.